The summed E-state index contributed by atoms with van der Waals surface area (Å²) in [6.07, 6.45) is 5.67. The monoisotopic (exact) mass is 452 g/mol. The van der Waals surface area contributed by atoms with Crippen LogP contribution in [0.3, 0.4) is 0 Å². The summed E-state index contributed by atoms with van der Waals surface area (Å²) in [5.74, 6) is -0.336. The number of halogens is 1. The third-order valence-corrected chi connectivity index (χ3v) is 6.13. The van der Waals surface area contributed by atoms with E-state index in [0.29, 0.717) is 22.5 Å². The molecule has 4 nitrogen and oxygen atoms in total. The number of carbonyl (C=O) groups excluding carboxylic acids is 1. The molecule has 0 aliphatic carbocycles. The van der Waals surface area contributed by atoms with Crippen molar-refractivity contribution in [1.29, 1.82) is 0 Å². The first kappa shape index (κ1) is 21.0. The number of aromatic amines is 1. The van der Waals surface area contributed by atoms with Crippen LogP contribution in [0.2, 0.25) is 5.02 Å². The Morgan fingerprint density at radius 3 is 2.67 bits per heavy atom. The van der Waals surface area contributed by atoms with Crippen molar-refractivity contribution in [3.05, 3.63) is 123 Å². The fraction of sp³-hybridized carbons (Fsp3) is 0.0714. The van der Waals surface area contributed by atoms with Crippen molar-refractivity contribution in [1.82, 2.24) is 9.55 Å². The van der Waals surface area contributed by atoms with Gasteiger partial charge >= 0.3 is 0 Å². The lowest BCUT2D eigenvalue weighted by Gasteiger charge is -2.12. The Morgan fingerprint density at radius 1 is 1.03 bits per heavy atom. The average Bonchev–Trinajstić information content (AvgIpc) is 3.19. The molecule has 2 heterocycles. The van der Waals surface area contributed by atoms with Crippen molar-refractivity contribution in [2.24, 2.45) is 7.05 Å². The number of hydrogen-bond donors (Lipinski definition) is 1. The van der Waals surface area contributed by atoms with Crippen molar-refractivity contribution < 1.29 is 4.79 Å². The van der Waals surface area contributed by atoms with Crippen molar-refractivity contribution in [2.45, 2.75) is 6.42 Å². The maximum atomic E-state index is 13.3. The summed E-state index contributed by atoms with van der Waals surface area (Å²) in [6, 6.07) is 23.1. The molecule has 0 fully saturated rings. The van der Waals surface area contributed by atoms with Crippen LogP contribution in [0.25, 0.3) is 27.9 Å². The van der Waals surface area contributed by atoms with Gasteiger partial charge in [0.05, 0.1) is 5.56 Å². The van der Waals surface area contributed by atoms with Crippen LogP contribution in [0, 0.1) is 0 Å². The number of nitrogens with zero attached hydrogens (tertiary/aromatic N) is 1. The summed E-state index contributed by atoms with van der Waals surface area (Å²) in [5.41, 5.74) is 4.10. The molecule has 0 bridgehead atoms. The predicted molar refractivity (Wildman–Crippen MR) is 135 cm³/mol. The number of rotatable bonds is 5. The summed E-state index contributed by atoms with van der Waals surface area (Å²) >= 11 is 6.26. The Balaban J connectivity index is 1.60. The minimum Gasteiger partial charge on any atom is -0.351 e. The Bertz CT molecular complexity index is 1590. The summed E-state index contributed by atoms with van der Waals surface area (Å²) in [7, 11) is 1.99. The van der Waals surface area contributed by atoms with E-state index in [2.05, 4.69) is 4.98 Å². The quantitative estimate of drug-likeness (QED) is 0.256. The van der Waals surface area contributed by atoms with E-state index in [1.54, 1.807) is 24.3 Å². The van der Waals surface area contributed by atoms with Crippen molar-refractivity contribution >= 4 is 45.3 Å². The molecule has 0 radical (unpaired) electrons. The molecule has 0 atom stereocenters. The Morgan fingerprint density at radius 2 is 1.85 bits per heavy atom. The van der Waals surface area contributed by atoms with Crippen LogP contribution < -0.4 is 5.56 Å². The van der Waals surface area contributed by atoms with Crippen LogP contribution >= 0.6 is 11.6 Å². The minimum absolute atomic E-state index is 0.144. The van der Waals surface area contributed by atoms with Gasteiger partial charge in [-0.3, -0.25) is 9.59 Å². The van der Waals surface area contributed by atoms with Gasteiger partial charge in [0, 0.05) is 40.1 Å². The molecule has 3 aromatic carbocycles. The van der Waals surface area contributed by atoms with E-state index >= 15 is 0 Å². The molecule has 1 N–H and O–H groups in total. The van der Waals surface area contributed by atoms with Gasteiger partial charge < -0.3 is 9.55 Å². The number of ketones is 1. The number of H-pyrrole nitrogens is 1. The first-order valence-electron chi connectivity index (χ1n) is 10.7. The van der Waals surface area contributed by atoms with Gasteiger partial charge in [0.25, 0.3) is 5.56 Å². The molecule has 0 aliphatic rings. The summed E-state index contributed by atoms with van der Waals surface area (Å²) in [4.78, 5) is 29.2. The first-order chi connectivity index (χ1) is 16.0. The molecule has 0 amide bonds. The zero-order valence-electron chi connectivity index (χ0n) is 18.0. The highest BCUT2D eigenvalue weighted by Gasteiger charge is 2.18. The molecule has 0 saturated heterocycles. The lowest BCUT2D eigenvalue weighted by molar-refractivity contribution is 0.104. The standard InChI is InChI=1S/C28H21ClN2O2/c1-31-14-13-20-15-19(7-11-25(20)31)8-12-26(32)27-23(16-18-5-3-2-4-6-18)22-17-21(29)9-10-24(22)30-28(27)33/h2-15,17H,16H2,1H3,(H,30,33)/b12-8+. The van der Waals surface area contributed by atoms with Gasteiger partial charge in [0.15, 0.2) is 5.78 Å². The molecule has 0 spiro atoms. The van der Waals surface area contributed by atoms with Crippen molar-refractivity contribution in [3.63, 3.8) is 0 Å². The number of aromatic nitrogens is 2. The second-order valence-electron chi connectivity index (χ2n) is 8.10. The number of allylic oxidation sites excluding steroid dienone is 1. The van der Waals surface area contributed by atoms with Crippen molar-refractivity contribution in [3.8, 4) is 0 Å². The Hall–Kier alpha value is -3.89. The number of fused-ring (bicyclic) bond motifs is 2. The molecular weight excluding hydrogens is 432 g/mol. The second kappa shape index (κ2) is 8.57. The molecule has 0 aliphatic heterocycles. The fourth-order valence-electron chi connectivity index (χ4n) is 4.23. The number of hydrogen-bond acceptors (Lipinski definition) is 2. The maximum absolute atomic E-state index is 13.3. The Kier molecular flexibility index (Phi) is 5.45. The lowest BCUT2D eigenvalue weighted by atomic mass is 9.94. The fourth-order valence-corrected chi connectivity index (χ4v) is 4.41. The molecule has 33 heavy (non-hydrogen) atoms. The van der Waals surface area contributed by atoms with Gasteiger partial charge in [0.1, 0.15) is 0 Å². The predicted octanol–water partition coefficient (Wildman–Crippen LogP) is 6.16. The SMILES string of the molecule is Cn1ccc2cc(/C=C/C(=O)c3c(Cc4ccccc4)c4cc(Cl)ccc4[nH]c3=O)ccc21. The van der Waals surface area contributed by atoms with E-state index in [-0.39, 0.29) is 11.3 Å². The molecule has 5 rings (SSSR count). The largest absolute Gasteiger partial charge is 0.351 e. The average molecular weight is 453 g/mol. The Labute approximate surface area is 195 Å². The molecule has 0 unspecified atom stereocenters. The van der Waals surface area contributed by atoms with Crippen LogP contribution in [0.1, 0.15) is 27.0 Å². The van der Waals surface area contributed by atoms with E-state index in [4.69, 9.17) is 11.6 Å². The van der Waals surface area contributed by atoms with Gasteiger partial charge in [-0.2, -0.15) is 0 Å². The third-order valence-electron chi connectivity index (χ3n) is 5.89. The third kappa shape index (κ3) is 4.13. The lowest BCUT2D eigenvalue weighted by Crippen LogP contribution is -2.20. The van der Waals surface area contributed by atoms with Crippen LogP contribution in [-0.2, 0) is 13.5 Å². The van der Waals surface area contributed by atoms with Gasteiger partial charge in [0.2, 0.25) is 0 Å². The van der Waals surface area contributed by atoms with E-state index in [1.165, 1.54) is 6.08 Å². The van der Waals surface area contributed by atoms with Crippen LogP contribution in [0.15, 0.2) is 89.9 Å². The van der Waals surface area contributed by atoms with Gasteiger partial charge in [-0.05, 0) is 65.6 Å². The maximum Gasteiger partial charge on any atom is 0.259 e. The zero-order valence-corrected chi connectivity index (χ0v) is 18.8. The number of carbonyl (C=O) groups is 1. The van der Waals surface area contributed by atoms with E-state index < -0.39 is 5.56 Å². The number of nitrogens with one attached hydrogen (secondary N) is 1. The first-order valence-corrected chi connectivity index (χ1v) is 11.0. The minimum atomic E-state index is -0.399. The summed E-state index contributed by atoms with van der Waals surface area (Å²) in [5, 5.41) is 2.41. The number of pyridine rings is 1. The van der Waals surface area contributed by atoms with E-state index in [9.17, 15) is 9.59 Å². The van der Waals surface area contributed by atoms with Crippen LogP contribution in [-0.4, -0.2) is 15.3 Å². The molecule has 5 heteroatoms. The highest BCUT2D eigenvalue weighted by Crippen LogP contribution is 2.26. The topological polar surface area (TPSA) is 54.9 Å². The zero-order chi connectivity index (χ0) is 22.9. The highest BCUT2D eigenvalue weighted by atomic mass is 35.5. The van der Waals surface area contributed by atoms with Gasteiger partial charge in [-0.1, -0.05) is 54.1 Å². The number of benzene rings is 3. The van der Waals surface area contributed by atoms with Gasteiger partial charge in [-0.25, -0.2) is 0 Å². The van der Waals surface area contributed by atoms with E-state index in [1.807, 2.05) is 72.4 Å². The molecule has 162 valence electrons. The highest BCUT2D eigenvalue weighted by molar-refractivity contribution is 6.31. The van der Waals surface area contributed by atoms with Crippen molar-refractivity contribution in [2.75, 3.05) is 0 Å². The summed E-state index contributed by atoms with van der Waals surface area (Å²) in [6.45, 7) is 0. The molecule has 0 saturated carbocycles. The molecule has 2 aromatic heterocycles. The smallest absolute Gasteiger partial charge is 0.259 e. The van der Waals surface area contributed by atoms with Crippen LogP contribution in [0.4, 0.5) is 0 Å². The van der Waals surface area contributed by atoms with Crippen LogP contribution in [0.5, 0.6) is 0 Å². The van der Waals surface area contributed by atoms with Gasteiger partial charge in [-0.15, -0.1) is 0 Å². The molecule has 5 aromatic rings. The molecular formula is C28H21ClN2O2. The normalized spacial score (nSPS) is 11.6. The second-order valence-corrected chi connectivity index (χ2v) is 8.54. The number of aryl methyl sites for hydroxylation is 1. The van der Waals surface area contributed by atoms with E-state index in [0.717, 1.165) is 27.4 Å². The summed E-state index contributed by atoms with van der Waals surface area (Å²) < 4.78 is 2.05.